The molecule has 0 fully saturated rings. The third-order valence-electron chi connectivity index (χ3n) is 4.29. The molecule has 0 bridgehead atoms. The van der Waals surface area contributed by atoms with Crippen LogP contribution in [0.1, 0.15) is 17.5 Å². The SMILES string of the molecule is O=C(O)C[C@H](Cc1ccc2ccccc2c1)NC(=O)Cc1ccccc1. The molecule has 4 nitrogen and oxygen atoms in total. The minimum atomic E-state index is -0.921. The van der Waals surface area contributed by atoms with Crippen molar-refractivity contribution in [1.82, 2.24) is 5.32 Å². The predicted molar refractivity (Wildman–Crippen MR) is 102 cm³/mol. The van der Waals surface area contributed by atoms with Crippen molar-refractivity contribution in [2.45, 2.75) is 25.3 Å². The lowest BCUT2D eigenvalue weighted by atomic mass is 9.99. The van der Waals surface area contributed by atoms with Gasteiger partial charge in [0.15, 0.2) is 0 Å². The lowest BCUT2D eigenvalue weighted by molar-refractivity contribution is -0.137. The van der Waals surface area contributed by atoms with Crippen molar-refractivity contribution < 1.29 is 14.7 Å². The van der Waals surface area contributed by atoms with Crippen LogP contribution in [-0.2, 0) is 22.4 Å². The molecule has 1 amide bonds. The summed E-state index contributed by atoms with van der Waals surface area (Å²) in [5.74, 6) is -1.08. The van der Waals surface area contributed by atoms with Crippen LogP contribution in [0.15, 0.2) is 72.8 Å². The topological polar surface area (TPSA) is 66.4 Å². The van der Waals surface area contributed by atoms with Gasteiger partial charge in [0.1, 0.15) is 0 Å². The number of hydrogen-bond donors (Lipinski definition) is 2. The Morgan fingerprint density at radius 3 is 2.27 bits per heavy atom. The molecule has 132 valence electrons. The summed E-state index contributed by atoms with van der Waals surface area (Å²) in [6.45, 7) is 0. The first-order valence-electron chi connectivity index (χ1n) is 8.63. The summed E-state index contributed by atoms with van der Waals surface area (Å²) in [4.78, 5) is 23.5. The van der Waals surface area contributed by atoms with Gasteiger partial charge < -0.3 is 10.4 Å². The minimum Gasteiger partial charge on any atom is -0.481 e. The maximum absolute atomic E-state index is 12.3. The Labute approximate surface area is 152 Å². The van der Waals surface area contributed by atoms with Gasteiger partial charge in [-0.05, 0) is 28.3 Å². The van der Waals surface area contributed by atoms with Gasteiger partial charge in [-0.2, -0.15) is 0 Å². The van der Waals surface area contributed by atoms with E-state index in [9.17, 15) is 14.7 Å². The second kappa shape index (κ2) is 8.30. The fourth-order valence-electron chi connectivity index (χ4n) is 3.10. The van der Waals surface area contributed by atoms with Crippen LogP contribution in [0, 0.1) is 0 Å². The molecule has 0 aliphatic heterocycles. The zero-order valence-electron chi connectivity index (χ0n) is 14.4. The Kier molecular flexibility index (Phi) is 5.64. The van der Waals surface area contributed by atoms with Gasteiger partial charge in [0.2, 0.25) is 5.91 Å². The van der Waals surface area contributed by atoms with Crippen LogP contribution in [0.4, 0.5) is 0 Å². The third-order valence-corrected chi connectivity index (χ3v) is 4.29. The fourth-order valence-corrected chi connectivity index (χ4v) is 3.10. The normalized spacial score (nSPS) is 11.8. The molecule has 0 saturated heterocycles. The quantitative estimate of drug-likeness (QED) is 0.686. The largest absolute Gasteiger partial charge is 0.481 e. The number of carboxylic acid groups (broad SMARTS) is 1. The molecular formula is C22H21NO3. The number of nitrogens with one attached hydrogen (secondary N) is 1. The van der Waals surface area contributed by atoms with Crippen LogP contribution in [0.3, 0.4) is 0 Å². The molecule has 3 rings (SSSR count). The fraction of sp³-hybridized carbons (Fsp3) is 0.182. The average Bonchev–Trinajstić information content (AvgIpc) is 2.61. The molecule has 4 heteroatoms. The third kappa shape index (κ3) is 4.93. The monoisotopic (exact) mass is 347 g/mol. The highest BCUT2D eigenvalue weighted by atomic mass is 16.4. The van der Waals surface area contributed by atoms with Crippen LogP contribution in [0.25, 0.3) is 10.8 Å². The molecule has 0 aliphatic carbocycles. The standard InChI is InChI=1S/C22H21NO3/c24-21(14-16-6-2-1-3-7-16)23-20(15-22(25)26)13-17-10-11-18-8-4-5-9-19(18)12-17/h1-12,20H,13-15H2,(H,23,24)(H,25,26)/t20-/m0/s1. The first kappa shape index (κ1) is 17.7. The van der Waals surface area contributed by atoms with Crippen LogP contribution in [-0.4, -0.2) is 23.0 Å². The van der Waals surface area contributed by atoms with Crippen molar-refractivity contribution in [1.29, 1.82) is 0 Å². The zero-order chi connectivity index (χ0) is 18.4. The zero-order valence-corrected chi connectivity index (χ0v) is 14.4. The van der Waals surface area contributed by atoms with Gasteiger partial charge in [-0.25, -0.2) is 0 Å². The van der Waals surface area contributed by atoms with E-state index in [0.717, 1.165) is 21.9 Å². The van der Waals surface area contributed by atoms with E-state index in [0.29, 0.717) is 6.42 Å². The van der Waals surface area contributed by atoms with E-state index in [1.165, 1.54) is 0 Å². The first-order valence-corrected chi connectivity index (χ1v) is 8.63. The number of carbonyl (C=O) groups excluding carboxylic acids is 1. The van der Waals surface area contributed by atoms with E-state index in [4.69, 9.17) is 0 Å². The van der Waals surface area contributed by atoms with Gasteiger partial charge in [-0.3, -0.25) is 9.59 Å². The molecule has 0 aromatic heterocycles. The molecule has 2 N–H and O–H groups in total. The molecule has 0 spiro atoms. The Morgan fingerprint density at radius 1 is 0.846 bits per heavy atom. The molecule has 0 unspecified atom stereocenters. The highest BCUT2D eigenvalue weighted by Crippen LogP contribution is 2.17. The van der Waals surface area contributed by atoms with Crippen molar-refractivity contribution in [3.63, 3.8) is 0 Å². The Balaban J connectivity index is 1.70. The van der Waals surface area contributed by atoms with Gasteiger partial charge in [0.05, 0.1) is 12.8 Å². The molecule has 26 heavy (non-hydrogen) atoms. The van der Waals surface area contributed by atoms with Crippen molar-refractivity contribution in [3.8, 4) is 0 Å². The molecule has 0 radical (unpaired) electrons. The molecule has 0 aliphatic rings. The molecule has 0 saturated carbocycles. The smallest absolute Gasteiger partial charge is 0.305 e. The van der Waals surface area contributed by atoms with Gasteiger partial charge in [0.25, 0.3) is 0 Å². The maximum atomic E-state index is 12.3. The maximum Gasteiger partial charge on any atom is 0.305 e. The number of carbonyl (C=O) groups is 2. The number of fused-ring (bicyclic) bond motifs is 1. The summed E-state index contributed by atoms with van der Waals surface area (Å²) in [6.07, 6.45) is 0.625. The van der Waals surface area contributed by atoms with E-state index in [1.807, 2.05) is 72.8 Å². The minimum absolute atomic E-state index is 0.104. The molecule has 0 heterocycles. The van der Waals surface area contributed by atoms with Crippen LogP contribution in [0.5, 0.6) is 0 Å². The Morgan fingerprint density at radius 2 is 1.54 bits per heavy atom. The van der Waals surface area contributed by atoms with E-state index in [-0.39, 0.29) is 18.7 Å². The van der Waals surface area contributed by atoms with Crippen molar-refractivity contribution in [2.75, 3.05) is 0 Å². The number of amides is 1. The van der Waals surface area contributed by atoms with Crippen LogP contribution in [0.2, 0.25) is 0 Å². The second-order valence-corrected chi connectivity index (χ2v) is 6.41. The van der Waals surface area contributed by atoms with Gasteiger partial charge in [-0.1, -0.05) is 72.8 Å². The van der Waals surface area contributed by atoms with Gasteiger partial charge >= 0.3 is 5.97 Å². The number of carboxylic acids is 1. The molecule has 3 aromatic carbocycles. The number of hydrogen-bond acceptors (Lipinski definition) is 2. The highest BCUT2D eigenvalue weighted by Gasteiger charge is 2.17. The predicted octanol–water partition coefficient (Wildman–Crippen LogP) is 3.58. The number of benzene rings is 3. The summed E-state index contributed by atoms with van der Waals surface area (Å²) in [7, 11) is 0. The van der Waals surface area contributed by atoms with Gasteiger partial charge in [-0.15, -0.1) is 0 Å². The van der Waals surface area contributed by atoms with E-state index in [2.05, 4.69) is 5.32 Å². The van der Waals surface area contributed by atoms with E-state index < -0.39 is 12.0 Å². The molecular weight excluding hydrogens is 326 g/mol. The van der Waals surface area contributed by atoms with Crippen LogP contribution < -0.4 is 5.32 Å². The van der Waals surface area contributed by atoms with Crippen molar-refractivity contribution in [2.24, 2.45) is 0 Å². The Hall–Kier alpha value is -3.14. The number of rotatable bonds is 7. The lowest BCUT2D eigenvalue weighted by Crippen LogP contribution is -2.38. The molecule has 1 atom stereocenters. The lowest BCUT2D eigenvalue weighted by Gasteiger charge is -2.17. The summed E-state index contributed by atoms with van der Waals surface area (Å²) >= 11 is 0. The van der Waals surface area contributed by atoms with Crippen molar-refractivity contribution >= 4 is 22.6 Å². The molecule has 3 aromatic rings. The summed E-state index contributed by atoms with van der Waals surface area (Å²) < 4.78 is 0. The first-order chi connectivity index (χ1) is 12.6. The number of aliphatic carboxylic acids is 1. The van der Waals surface area contributed by atoms with Crippen LogP contribution >= 0.6 is 0 Å². The van der Waals surface area contributed by atoms with E-state index in [1.54, 1.807) is 0 Å². The van der Waals surface area contributed by atoms with E-state index >= 15 is 0 Å². The Bertz CT molecular complexity index is 905. The second-order valence-electron chi connectivity index (χ2n) is 6.41. The summed E-state index contributed by atoms with van der Waals surface area (Å²) in [6, 6.07) is 23.1. The highest BCUT2D eigenvalue weighted by molar-refractivity contribution is 5.83. The van der Waals surface area contributed by atoms with Crippen molar-refractivity contribution in [3.05, 3.63) is 83.9 Å². The summed E-state index contributed by atoms with van der Waals surface area (Å²) in [5, 5.41) is 14.3. The van der Waals surface area contributed by atoms with Gasteiger partial charge in [0, 0.05) is 6.04 Å². The summed E-state index contributed by atoms with van der Waals surface area (Å²) in [5.41, 5.74) is 1.92. The average molecular weight is 347 g/mol.